The van der Waals surface area contributed by atoms with Gasteiger partial charge in [-0.25, -0.2) is 0 Å². The summed E-state index contributed by atoms with van der Waals surface area (Å²) in [4.78, 5) is 11.3. The minimum absolute atomic E-state index is 0.0472. The normalized spacial score (nSPS) is 28.7. The molecule has 1 saturated carbocycles. The maximum Gasteiger partial charge on any atom is 0.170 e. The van der Waals surface area contributed by atoms with Gasteiger partial charge in [-0.15, -0.1) is 0 Å². The number of Topliss-reactive ketones (excluding diaryl/α,β-unsaturated/α-hetero) is 1. The lowest BCUT2D eigenvalue weighted by Gasteiger charge is -2.25. The Hall–Kier alpha value is -0.220. The highest BCUT2D eigenvalue weighted by atomic mass is 32.2. The first-order chi connectivity index (χ1) is 7.13. The maximum absolute atomic E-state index is 11.9. The van der Waals surface area contributed by atoms with Gasteiger partial charge in [0.1, 0.15) is 6.61 Å². The van der Waals surface area contributed by atoms with E-state index in [4.69, 9.17) is 4.74 Å². The van der Waals surface area contributed by atoms with Gasteiger partial charge in [0.15, 0.2) is 5.78 Å². The van der Waals surface area contributed by atoms with Crippen LogP contribution in [0.15, 0.2) is 0 Å². The van der Waals surface area contributed by atoms with Gasteiger partial charge in [0.05, 0.1) is 5.75 Å². The Morgan fingerprint density at radius 1 is 1.47 bits per heavy atom. The van der Waals surface area contributed by atoms with E-state index < -0.39 is 10.8 Å². The van der Waals surface area contributed by atoms with Gasteiger partial charge in [0.2, 0.25) is 0 Å². The quantitative estimate of drug-likeness (QED) is 0.722. The predicted octanol–water partition coefficient (Wildman–Crippen LogP) is 1.53. The van der Waals surface area contributed by atoms with Gasteiger partial charge in [-0.3, -0.25) is 9.00 Å². The summed E-state index contributed by atoms with van der Waals surface area (Å²) in [6.45, 7) is 2.29. The summed E-state index contributed by atoms with van der Waals surface area (Å²) in [5, 5.41) is 0.231. The third-order valence-corrected chi connectivity index (χ3v) is 4.65. The van der Waals surface area contributed by atoms with Crippen LogP contribution in [0.4, 0.5) is 0 Å². The van der Waals surface area contributed by atoms with Gasteiger partial charge in [0.25, 0.3) is 0 Å². The van der Waals surface area contributed by atoms with Gasteiger partial charge >= 0.3 is 0 Å². The molecular formula is C11H20O3S. The highest BCUT2D eigenvalue weighted by molar-refractivity contribution is 7.86. The lowest BCUT2D eigenvalue weighted by molar-refractivity contribution is -0.120. The van der Waals surface area contributed by atoms with Crippen molar-refractivity contribution in [2.75, 3.05) is 19.5 Å². The minimum atomic E-state index is -0.988. The third-order valence-electron chi connectivity index (χ3n) is 2.87. The molecule has 1 aliphatic carbocycles. The van der Waals surface area contributed by atoms with Crippen LogP contribution in [0.3, 0.4) is 0 Å². The van der Waals surface area contributed by atoms with Crippen LogP contribution in [0.25, 0.3) is 0 Å². The first kappa shape index (κ1) is 12.8. The SMILES string of the molecule is COCC(=O)CS(=O)C1CCCC(C)C1. The fourth-order valence-electron chi connectivity index (χ4n) is 2.10. The second kappa shape index (κ2) is 6.38. The summed E-state index contributed by atoms with van der Waals surface area (Å²) in [5.41, 5.74) is 0. The summed E-state index contributed by atoms with van der Waals surface area (Å²) >= 11 is 0. The molecule has 3 nitrogen and oxygen atoms in total. The van der Waals surface area contributed by atoms with Crippen molar-refractivity contribution in [3.8, 4) is 0 Å². The molecule has 88 valence electrons. The van der Waals surface area contributed by atoms with E-state index in [2.05, 4.69) is 6.92 Å². The Labute approximate surface area is 94.0 Å². The van der Waals surface area contributed by atoms with E-state index >= 15 is 0 Å². The van der Waals surface area contributed by atoms with E-state index in [0.29, 0.717) is 5.92 Å². The Morgan fingerprint density at radius 2 is 2.20 bits per heavy atom. The summed E-state index contributed by atoms with van der Waals surface area (Å²) in [6, 6.07) is 0. The van der Waals surface area contributed by atoms with Crippen LogP contribution in [0, 0.1) is 5.92 Å². The van der Waals surface area contributed by atoms with Gasteiger partial charge < -0.3 is 4.74 Å². The summed E-state index contributed by atoms with van der Waals surface area (Å²) in [7, 11) is 0.501. The molecule has 1 aliphatic rings. The smallest absolute Gasteiger partial charge is 0.170 e. The van der Waals surface area contributed by atoms with Crippen molar-refractivity contribution in [3.05, 3.63) is 0 Å². The molecule has 0 aromatic carbocycles. The zero-order valence-electron chi connectivity index (χ0n) is 9.53. The van der Waals surface area contributed by atoms with Gasteiger partial charge in [-0.1, -0.05) is 19.8 Å². The molecule has 0 saturated heterocycles. The molecule has 15 heavy (non-hydrogen) atoms. The zero-order chi connectivity index (χ0) is 11.3. The van der Waals surface area contributed by atoms with Crippen molar-refractivity contribution in [1.82, 2.24) is 0 Å². The molecular weight excluding hydrogens is 212 g/mol. The second-order valence-corrected chi connectivity index (χ2v) is 6.11. The lowest BCUT2D eigenvalue weighted by atomic mass is 9.91. The highest BCUT2D eigenvalue weighted by Crippen LogP contribution is 2.27. The van der Waals surface area contributed by atoms with E-state index in [0.717, 1.165) is 19.3 Å². The molecule has 0 radical (unpaired) electrons. The summed E-state index contributed by atoms with van der Waals surface area (Å²) in [5.74, 6) is 0.782. The van der Waals surface area contributed by atoms with E-state index in [9.17, 15) is 9.00 Å². The van der Waals surface area contributed by atoms with Crippen molar-refractivity contribution in [3.63, 3.8) is 0 Å². The number of carbonyl (C=O) groups is 1. The Kier molecular flexibility index (Phi) is 5.47. The molecule has 0 aromatic heterocycles. The molecule has 0 bridgehead atoms. The molecule has 1 fully saturated rings. The van der Waals surface area contributed by atoms with Crippen LogP contribution in [0.2, 0.25) is 0 Å². The fraction of sp³-hybridized carbons (Fsp3) is 0.909. The standard InChI is InChI=1S/C11H20O3S/c1-9-4-3-5-11(6-9)15(13)8-10(12)7-14-2/h9,11H,3-8H2,1-2H3. The van der Waals surface area contributed by atoms with Crippen molar-refractivity contribution < 1.29 is 13.7 Å². The van der Waals surface area contributed by atoms with Crippen LogP contribution in [0.1, 0.15) is 32.6 Å². The first-order valence-electron chi connectivity index (χ1n) is 5.51. The molecule has 0 heterocycles. The van der Waals surface area contributed by atoms with Gasteiger partial charge in [-0.2, -0.15) is 0 Å². The third kappa shape index (κ3) is 4.43. The van der Waals surface area contributed by atoms with E-state index in [1.54, 1.807) is 0 Å². The lowest BCUT2D eigenvalue weighted by Crippen LogP contribution is -2.28. The van der Waals surface area contributed by atoms with Crippen LogP contribution in [-0.4, -0.2) is 34.7 Å². The Balaban J connectivity index is 2.35. The maximum atomic E-state index is 11.9. The highest BCUT2D eigenvalue weighted by Gasteiger charge is 2.24. The monoisotopic (exact) mass is 232 g/mol. The van der Waals surface area contributed by atoms with Crippen LogP contribution >= 0.6 is 0 Å². The molecule has 0 aromatic rings. The van der Waals surface area contributed by atoms with Crippen molar-refractivity contribution >= 4 is 16.6 Å². The number of carbonyl (C=O) groups excluding carboxylic acids is 1. The number of methoxy groups -OCH3 is 1. The topological polar surface area (TPSA) is 43.4 Å². The van der Waals surface area contributed by atoms with Crippen LogP contribution in [0.5, 0.6) is 0 Å². The molecule has 0 spiro atoms. The number of rotatable bonds is 5. The summed E-state index contributed by atoms with van der Waals surface area (Å²) in [6.07, 6.45) is 4.40. The van der Waals surface area contributed by atoms with Crippen LogP contribution in [-0.2, 0) is 20.3 Å². The molecule has 0 amide bonds. The molecule has 3 atom stereocenters. The van der Waals surface area contributed by atoms with E-state index in [1.807, 2.05) is 0 Å². The zero-order valence-corrected chi connectivity index (χ0v) is 10.3. The molecule has 4 heteroatoms. The Morgan fingerprint density at radius 3 is 2.80 bits per heavy atom. The average molecular weight is 232 g/mol. The van der Waals surface area contributed by atoms with Gasteiger partial charge in [-0.05, 0) is 18.8 Å². The number of ketones is 1. The molecule has 0 aliphatic heterocycles. The van der Waals surface area contributed by atoms with E-state index in [1.165, 1.54) is 13.5 Å². The van der Waals surface area contributed by atoms with E-state index in [-0.39, 0.29) is 23.4 Å². The van der Waals surface area contributed by atoms with Gasteiger partial charge in [0, 0.05) is 23.2 Å². The largest absolute Gasteiger partial charge is 0.377 e. The first-order valence-corrected chi connectivity index (χ1v) is 6.89. The Bertz CT molecular complexity index is 240. The number of hydrogen-bond acceptors (Lipinski definition) is 3. The number of hydrogen-bond donors (Lipinski definition) is 0. The fourth-order valence-corrected chi connectivity index (χ4v) is 3.71. The van der Waals surface area contributed by atoms with Crippen molar-refractivity contribution in [2.45, 2.75) is 37.9 Å². The number of ether oxygens (including phenoxy) is 1. The molecule has 3 unspecified atom stereocenters. The molecule has 1 rings (SSSR count). The predicted molar refractivity (Wildman–Crippen MR) is 61.3 cm³/mol. The average Bonchev–Trinajstić information content (AvgIpc) is 2.18. The second-order valence-electron chi connectivity index (χ2n) is 4.39. The molecule has 0 N–H and O–H groups in total. The van der Waals surface area contributed by atoms with Crippen molar-refractivity contribution in [2.24, 2.45) is 5.92 Å². The van der Waals surface area contributed by atoms with Crippen molar-refractivity contribution in [1.29, 1.82) is 0 Å². The minimum Gasteiger partial charge on any atom is -0.377 e. The van der Waals surface area contributed by atoms with Crippen LogP contribution < -0.4 is 0 Å². The summed E-state index contributed by atoms with van der Waals surface area (Å²) < 4.78 is 16.6.